The van der Waals surface area contributed by atoms with Crippen LogP contribution in [0, 0.1) is 0 Å². The predicted octanol–water partition coefficient (Wildman–Crippen LogP) is 3.26. The van der Waals surface area contributed by atoms with E-state index in [0.29, 0.717) is 5.95 Å². The van der Waals surface area contributed by atoms with Crippen LogP contribution in [0.25, 0.3) is 5.65 Å². The fourth-order valence-electron chi connectivity index (χ4n) is 1.72. The van der Waals surface area contributed by atoms with E-state index >= 15 is 0 Å². The van der Waals surface area contributed by atoms with E-state index in [0.717, 1.165) is 15.9 Å². The number of fused-ring (bicyclic) bond motifs is 1. The number of anilines is 1. The van der Waals surface area contributed by atoms with Gasteiger partial charge in [0.25, 0.3) is 0 Å². The van der Waals surface area contributed by atoms with E-state index in [-0.39, 0.29) is 6.04 Å². The van der Waals surface area contributed by atoms with Crippen LogP contribution in [0.5, 0.6) is 0 Å². The number of hydrogen-bond donors (Lipinski definition) is 1. The lowest BCUT2D eigenvalue weighted by molar-refractivity contribution is 0.489. The minimum absolute atomic E-state index is 0.0286. The molecular formula is C12H11BrN4O. The highest BCUT2D eigenvalue weighted by atomic mass is 79.9. The van der Waals surface area contributed by atoms with Gasteiger partial charge in [-0.3, -0.25) is 0 Å². The first-order valence-electron chi connectivity index (χ1n) is 5.54. The van der Waals surface area contributed by atoms with Gasteiger partial charge in [-0.05, 0) is 47.1 Å². The summed E-state index contributed by atoms with van der Waals surface area (Å²) in [6.07, 6.45) is 3.52. The van der Waals surface area contributed by atoms with Crippen molar-refractivity contribution >= 4 is 27.5 Å². The maximum absolute atomic E-state index is 5.33. The normalized spacial score (nSPS) is 12.8. The number of rotatable bonds is 3. The molecule has 0 aliphatic heterocycles. The minimum Gasteiger partial charge on any atom is -0.467 e. The van der Waals surface area contributed by atoms with Crippen molar-refractivity contribution < 1.29 is 4.42 Å². The highest BCUT2D eigenvalue weighted by Crippen LogP contribution is 2.18. The van der Waals surface area contributed by atoms with Gasteiger partial charge in [0.1, 0.15) is 5.76 Å². The first-order chi connectivity index (χ1) is 8.72. The monoisotopic (exact) mass is 306 g/mol. The second-order valence-corrected chi connectivity index (χ2v) is 4.88. The van der Waals surface area contributed by atoms with Gasteiger partial charge in [0, 0.05) is 10.7 Å². The molecule has 0 saturated heterocycles. The van der Waals surface area contributed by atoms with E-state index in [1.165, 1.54) is 0 Å². The van der Waals surface area contributed by atoms with Gasteiger partial charge in [-0.2, -0.15) is 4.98 Å². The Hall–Kier alpha value is -1.82. The molecule has 0 bridgehead atoms. The van der Waals surface area contributed by atoms with Crippen LogP contribution in [0.3, 0.4) is 0 Å². The van der Waals surface area contributed by atoms with Crippen molar-refractivity contribution in [3.05, 3.63) is 47.0 Å². The molecule has 0 radical (unpaired) electrons. The predicted molar refractivity (Wildman–Crippen MR) is 71.4 cm³/mol. The van der Waals surface area contributed by atoms with Crippen LogP contribution >= 0.6 is 15.9 Å². The van der Waals surface area contributed by atoms with Crippen LogP contribution in [0.1, 0.15) is 18.7 Å². The molecule has 0 aliphatic rings. The van der Waals surface area contributed by atoms with Crippen LogP contribution < -0.4 is 5.32 Å². The zero-order valence-corrected chi connectivity index (χ0v) is 11.3. The zero-order chi connectivity index (χ0) is 12.5. The molecule has 0 amide bonds. The van der Waals surface area contributed by atoms with Crippen molar-refractivity contribution in [2.24, 2.45) is 0 Å². The number of pyridine rings is 1. The molecule has 6 heteroatoms. The van der Waals surface area contributed by atoms with Gasteiger partial charge in [-0.25, -0.2) is 4.52 Å². The van der Waals surface area contributed by atoms with E-state index in [4.69, 9.17) is 4.42 Å². The molecule has 3 aromatic rings. The summed E-state index contributed by atoms with van der Waals surface area (Å²) in [5, 5.41) is 7.55. The van der Waals surface area contributed by atoms with Crippen molar-refractivity contribution in [1.82, 2.24) is 14.6 Å². The van der Waals surface area contributed by atoms with Crippen LogP contribution in [-0.2, 0) is 0 Å². The Morgan fingerprint density at radius 1 is 1.39 bits per heavy atom. The van der Waals surface area contributed by atoms with Gasteiger partial charge in [-0.1, -0.05) is 0 Å². The summed E-state index contributed by atoms with van der Waals surface area (Å²) < 4.78 is 8.02. The molecule has 3 rings (SSSR count). The number of furan rings is 1. The summed E-state index contributed by atoms with van der Waals surface area (Å²) in [6.45, 7) is 2.00. The molecule has 0 aliphatic carbocycles. The second-order valence-electron chi connectivity index (χ2n) is 3.97. The lowest BCUT2D eigenvalue weighted by Gasteiger charge is -2.08. The van der Waals surface area contributed by atoms with Crippen molar-refractivity contribution in [2.75, 3.05) is 5.32 Å². The summed E-state index contributed by atoms with van der Waals surface area (Å²) in [5.74, 6) is 1.44. The van der Waals surface area contributed by atoms with Crippen LogP contribution in [0.2, 0.25) is 0 Å². The van der Waals surface area contributed by atoms with Crippen molar-refractivity contribution in [1.29, 1.82) is 0 Å². The summed E-state index contributed by atoms with van der Waals surface area (Å²) in [5.41, 5.74) is 0.798. The van der Waals surface area contributed by atoms with E-state index in [1.807, 2.05) is 37.4 Å². The number of aromatic nitrogens is 3. The molecule has 0 saturated carbocycles. The summed E-state index contributed by atoms with van der Waals surface area (Å²) in [4.78, 5) is 4.38. The van der Waals surface area contributed by atoms with E-state index in [2.05, 4.69) is 31.3 Å². The van der Waals surface area contributed by atoms with Gasteiger partial charge in [0.05, 0.1) is 12.3 Å². The Bertz CT molecular complexity index is 662. The fourth-order valence-corrected chi connectivity index (χ4v) is 2.05. The van der Waals surface area contributed by atoms with E-state index < -0.39 is 0 Å². The number of nitrogens with one attached hydrogen (secondary N) is 1. The Balaban J connectivity index is 1.86. The lowest BCUT2D eigenvalue weighted by atomic mass is 10.2. The van der Waals surface area contributed by atoms with Gasteiger partial charge < -0.3 is 9.73 Å². The highest BCUT2D eigenvalue weighted by Gasteiger charge is 2.11. The smallest absolute Gasteiger partial charge is 0.243 e. The van der Waals surface area contributed by atoms with Crippen LogP contribution in [-0.4, -0.2) is 14.6 Å². The van der Waals surface area contributed by atoms with Crippen LogP contribution in [0.4, 0.5) is 5.95 Å². The number of halogens is 1. The molecule has 1 N–H and O–H groups in total. The minimum atomic E-state index is 0.0286. The molecule has 3 aromatic heterocycles. The second kappa shape index (κ2) is 4.45. The molecule has 0 fully saturated rings. The van der Waals surface area contributed by atoms with Crippen molar-refractivity contribution in [2.45, 2.75) is 13.0 Å². The lowest BCUT2D eigenvalue weighted by Crippen LogP contribution is -2.06. The molecule has 18 heavy (non-hydrogen) atoms. The Kier molecular flexibility index (Phi) is 2.79. The molecular weight excluding hydrogens is 296 g/mol. The summed E-state index contributed by atoms with van der Waals surface area (Å²) in [7, 11) is 0. The Morgan fingerprint density at radius 3 is 3.06 bits per heavy atom. The Labute approximate surface area is 112 Å². The third-order valence-corrected chi connectivity index (χ3v) is 3.08. The van der Waals surface area contributed by atoms with Crippen LogP contribution in [0.15, 0.2) is 45.6 Å². The van der Waals surface area contributed by atoms with Crippen molar-refractivity contribution in [3.8, 4) is 0 Å². The summed E-state index contributed by atoms with van der Waals surface area (Å²) in [6, 6.07) is 7.65. The average Bonchev–Trinajstić information content (AvgIpc) is 2.95. The van der Waals surface area contributed by atoms with Crippen molar-refractivity contribution in [3.63, 3.8) is 0 Å². The quantitative estimate of drug-likeness (QED) is 0.807. The highest BCUT2D eigenvalue weighted by molar-refractivity contribution is 9.10. The van der Waals surface area contributed by atoms with Gasteiger partial charge in [0.15, 0.2) is 5.65 Å². The molecule has 0 aromatic carbocycles. The fraction of sp³-hybridized carbons (Fsp3) is 0.167. The third kappa shape index (κ3) is 2.11. The van der Waals surface area contributed by atoms with E-state index in [9.17, 15) is 0 Å². The first kappa shape index (κ1) is 11.3. The maximum atomic E-state index is 5.33. The topological polar surface area (TPSA) is 55.4 Å². The number of hydrogen-bond acceptors (Lipinski definition) is 4. The molecule has 1 atom stereocenters. The SMILES string of the molecule is CC(Nc1nc2ccc(Br)cn2n1)c1ccco1. The molecule has 92 valence electrons. The maximum Gasteiger partial charge on any atom is 0.243 e. The van der Waals surface area contributed by atoms with Gasteiger partial charge in [0.2, 0.25) is 5.95 Å². The summed E-state index contributed by atoms with van der Waals surface area (Å²) >= 11 is 3.40. The average molecular weight is 307 g/mol. The molecule has 3 heterocycles. The zero-order valence-electron chi connectivity index (χ0n) is 9.67. The Morgan fingerprint density at radius 2 is 2.28 bits per heavy atom. The third-order valence-electron chi connectivity index (χ3n) is 2.61. The first-order valence-corrected chi connectivity index (χ1v) is 6.33. The standard InChI is InChI=1S/C12H11BrN4O/c1-8(10-3-2-6-18-10)14-12-15-11-5-4-9(13)7-17(11)16-12/h2-8H,1H3,(H,14,16). The van der Waals surface area contributed by atoms with Gasteiger partial charge >= 0.3 is 0 Å². The van der Waals surface area contributed by atoms with Gasteiger partial charge in [-0.15, -0.1) is 5.10 Å². The van der Waals surface area contributed by atoms with E-state index in [1.54, 1.807) is 10.8 Å². The largest absolute Gasteiger partial charge is 0.467 e. The molecule has 1 unspecified atom stereocenters. The number of nitrogens with zero attached hydrogens (tertiary/aromatic N) is 3. The molecule has 5 nitrogen and oxygen atoms in total. The molecule has 0 spiro atoms.